The summed E-state index contributed by atoms with van der Waals surface area (Å²) in [6.07, 6.45) is 2.41. The van der Waals surface area contributed by atoms with E-state index < -0.39 is 0 Å². The normalized spacial score (nSPS) is 10.9. The number of aromatic nitrogens is 2. The lowest BCUT2D eigenvalue weighted by molar-refractivity contribution is 0.0952. The predicted molar refractivity (Wildman–Crippen MR) is 146 cm³/mol. The Morgan fingerprint density at radius 1 is 0.919 bits per heavy atom. The highest BCUT2D eigenvalue weighted by Crippen LogP contribution is 2.27. The van der Waals surface area contributed by atoms with Crippen molar-refractivity contribution in [1.82, 2.24) is 14.9 Å². The fraction of sp³-hybridized carbons (Fsp3) is 0.333. The standard InChI is InChI=1S/C30H35N3O4/c1-21-10-7-13-26(22(21)2)37-19-9-18-33-25-12-6-5-11-24(25)32-29(33)14-8-17-31-30(34)23-15-16-27(35-3)28(20-23)36-4/h5-7,10-13,15-16,20H,8-9,14,17-19H2,1-4H3,(H,31,34). The summed E-state index contributed by atoms with van der Waals surface area (Å²) < 4.78 is 18.9. The van der Waals surface area contributed by atoms with Gasteiger partial charge in [0.1, 0.15) is 11.6 Å². The van der Waals surface area contributed by atoms with Crippen molar-refractivity contribution in [3.8, 4) is 17.2 Å². The molecule has 0 aliphatic heterocycles. The van der Waals surface area contributed by atoms with Crippen LogP contribution in [0.4, 0.5) is 0 Å². The third kappa shape index (κ3) is 6.23. The second-order valence-electron chi connectivity index (χ2n) is 9.00. The first-order valence-electron chi connectivity index (χ1n) is 12.6. The van der Waals surface area contributed by atoms with Crippen molar-refractivity contribution in [1.29, 1.82) is 0 Å². The molecule has 0 aliphatic rings. The van der Waals surface area contributed by atoms with Gasteiger partial charge in [-0.2, -0.15) is 0 Å². The number of nitrogens with one attached hydrogen (secondary N) is 1. The topological polar surface area (TPSA) is 74.6 Å². The molecule has 0 fully saturated rings. The molecule has 1 heterocycles. The van der Waals surface area contributed by atoms with Crippen molar-refractivity contribution in [2.75, 3.05) is 27.4 Å². The van der Waals surface area contributed by atoms with E-state index in [-0.39, 0.29) is 5.91 Å². The fourth-order valence-corrected chi connectivity index (χ4v) is 4.38. The molecule has 0 saturated carbocycles. The van der Waals surface area contributed by atoms with Gasteiger partial charge in [0.25, 0.3) is 5.91 Å². The van der Waals surface area contributed by atoms with Crippen molar-refractivity contribution < 1.29 is 19.0 Å². The van der Waals surface area contributed by atoms with E-state index in [4.69, 9.17) is 19.2 Å². The highest BCUT2D eigenvalue weighted by atomic mass is 16.5. The Balaban J connectivity index is 1.34. The van der Waals surface area contributed by atoms with Gasteiger partial charge in [-0.3, -0.25) is 4.79 Å². The number of aryl methyl sites for hydroxylation is 3. The molecule has 0 radical (unpaired) electrons. The Labute approximate surface area is 218 Å². The number of hydrogen-bond donors (Lipinski definition) is 1. The molecular formula is C30H35N3O4. The molecule has 194 valence electrons. The number of fused-ring (bicyclic) bond motifs is 1. The van der Waals surface area contributed by atoms with E-state index in [0.29, 0.717) is 30.2 Å². The summed E-state index contributed by atoms with van der Waals surface area (Å²) in [7, 11) is 3.13. The third-order valence-electron chi connectivity index (χ3n) is 6.58. The summed E-state index contributed by atoms with van der Waals surface area (Å²) in [6, 6.07) is 19.5. The minimum atomic E-state index is -0.141. The van der Waals surface area contributed by atoms with Gasteiger partial charge in [0.15, 0.2) is 11.5 Å². The number of imidazole rings is 1. The van der Waals surface area contributed by atoms with Crippen molar-refractivity contribution in [2.45, 2.75) is 39.7 Å². The number of ether oxygens (including phenoxy) is 3. The number of amides is 1. The van der Waals surface area contributed by atoms with Crippen molar-refractivity contribution in [3.63, 3.8) is 0 Å². The highest BCUT2D eigenvalue weighted by Gasteiger charge is 2.13. The molecule has 7 nitrogen and oxygen atoms in total. The second kappa shape index (κ2) is 12.3. The van der Waals surface area contributed by atoms with Crippen molar-refractivity contribution in [2.24, 2.45) is 0 Å². The Morgan fingerprint density at radius 2 is 1.73 bits per heavy atom. The highest BCUT2D eigenvalue weighted by molar-refractivity contribution is 5.94. The number of para-hydroxylation sites is 2. The molecule has 7 heteroatoms. The van der Waals surface area contributed by atoms with Crippen LogP contribution in [0.5, 0.6) is 17.2 Å². The Bertz CT molecular complexity index is 1360. The SMILES string of the molecule is COc1ccc(C(=O)NCCCc2nc3ccccc3n2CCCOc2cccc(C)c2C)cc1OC. The molecule has 0 aliphatic carbocycles. The maximum Gasteiger partial charge on any atom is 0.251 e. The lowest BCUT2D eigenvalue weighted by atomic mass is 10.1. The molecule has 4 aromatic rings. The molecule has 1 amide bonds. The number of carbonyl (C=O) groups excluding carboxylic acids is 1. The largest absolute Gasteiger partial charge is 0.493 e. The summed E-state index contributed by atoms with van der Waals surface area (Å²) in [5.41, 5.74) is 5.07. The molecule has 4 rings (SSSR count). The average Bonchev–Trinajstić information content (AvgIpc) is 3.27. The van der Waals surface area contributed by atoms with E-state index in [1.165, 1.54) is 11.1 Å². The average molecular weight is 502 g/mol. The van der Waals surface area contributed by atoms with Crippen LogP contribution in [0.1, 0.15) is 40.2 Å². The van der Waals surface area contributed by atoms with Gasteiger partial charge in [-0.25, -0.2) is 4.98 Å². The monoisotopic (exact) mass is 501 g/mol. The first-order chi connectivity index (χ1) is 18.0. The van der Waals surface area contributed by atoms with Crippen LogP contribution in [-0.4, -0.2) is 42.8 Å². The molecule has 0 atom stereocenters. The van der Waals surface area contributed by atoms with E-state index in [0.717, 1.165) is 48.4 Å². The molecule has 0 saturated heterocycles. The summed E-state index contributed by atoms with van der Waals surface area (Å²) in [5, 5.41) is 3.00. The summed E-state index contributed by atoms with van der Waals surface area (Å²) in [5.74, 6) is 2.95. The summed E-state index contributed by atoms with van der Waals surface area (Å²) in [6.45, 7) is 6.20. The number of benzene rings is 3. The summed E-state index contributed by atoms with van der Waals surface area (Å²) >= 11 is 0. The minimum Gasteiger partial charge on any atom is -0.493 e. The Hall–Kier alpha value is -4.00. The Kier molecular flexibility index (Phi) is 8.67. The van der Waals surface area contributed by atoms with Crippen LogP contribution in [0, 0.1) is 13.8 Å². The molecule has 0 unspecified atom stereocenters. The van der Waals surface area contributed by atoms with E-state index in [1.807, 2.05) is 30.3 Å². The van der Waals surface area contributed by atoms with Crippen LogP contribution in [-0.2, 0) is 13.0 Å². The minimum absolute atomic E-state index is 0.141. The van der Waals surface area contributed by atoms with Crippen molar-refractivity contribution >= 4 is 16.9 Å². The van der Waals surface area contributed by atoms with Gasteiger partial charge in [0.05, 0.1) is 31.9 Å². The van der Waals surface area contributed by atoms with Gasteiger partial charge in [-0.1, -0.05) is 24.3 Å². The van der Waals surface area contributed by atoms with E-state index in [2.05, 4.69) is 35.9 Å². The van der Waals surface area contributed by atoms with Crippen LogP contribution < -0.4 is 19.5 Å². The summed E-state index contributed by atoms with van der Waals surface area (Å²) in [4.78, 5) is 17.5. The smallest absolute Gasteiger partial charge is 0.251 e. The third-order valence-corrected chi connectivity index (χ3v) is 6.58. The maximum atomic E-state index is 12.6. The maximum absolute atomic E-state index is 12.6. The molecule has 0 spiro atoms. The van der Waals surface area contributed by atoms with E-state index >= 15 is 0 Å². The lowest BCUT2D eigenvalue weighted by Gasteiger charge is -2.13. The van der Waals surface area contributed by atoms with Crippen LogP contribution in [0.2, 0.25) is 0 Å². The zero-order valence-corrected chi connectivity index (χ0v) is 22.0. The lowest BCUT2D eigenvalue weighted by Crippen LogP contribution is -2.25. The van der Waals surface area contributed by atoms with Crippen LogP contribution in [0.15, 0.2) is 60.7 Å². The number of methoxy groups -OCH3 is 2. The number of carbonyl (C=O) groups is 1. The zero-order valence-electron chi connectivity index (χ0n) is 22.0. The van der Waals surface area contributed by atoms with Gasteiger partial charge in [0, 0.05) is 25.1 Å². The predicted octanol–water partition coefficient (Wildman–Crippen LogP) is 5.50. The van der Waals surface area contributed by atoms with Gasteiger partial charge in [0.2, 0.25) is 0 Å². The molecule has 3 aromatic carbocycles. The number of nitrogens with zero attached hydrogens (tertiary/aromatic N) is 2. The first-order valence-corrected chi connectivity index (χ1v) is 12.6. The van der Waals surface area contributed by atoms with Gasteiger partial charge >= 0.3 is 0 Å². The zero-order chi connectivity index (χ0) is 26.2. The van der Waals surface area contributed by atoms with Crippen LogP contribution in [0.3, 0.4) is 0 Å². The van der Waals surface area contributed by atoms with Gasteiger partial charge in [-0.15, -0.1) is 0 Å². The van der Waals surface area contributed by atoms with Crippen molar-refractivity contribution in [3.05, 3.63) is 83.2 Å². The molecule has 1 aromatic heterocycles. The second-order valence-corrected chi connectivity index (χ2v) is 9.00. The van der Waals surface area contributed by atoms with Gasteiger partial charge < -0.3 is 24.1 Å². The molecule has 1 N–H and O–H groups in total. The number of hydrogen-bond acceptors (Lipinski definition) is 5. The van der Waals surface area contributed by atoms with Gasteiger partial charge in [-0.05, 0) is 74.2 Å². The van der Waals surface area contributed by atoms with E-state index in [1.54, 1.807) is 32.4 Å². The number of rotatable bonds is 12. The van der Waals surface area contributed by atoms with E-state index in [9.17, 15) is 4.79 Å². The quantitative estimate of drug-likeness (QED) is 0.259. The van der Waals surface area contributed by atoms with Crippen LogP contribution in [0.25, 0.3) is 11.0 Å². The molecular weight excluding hydrogens is 466 g/mol. The first kappa shape index (κ1) is 26.1. The molecule has 0 bridgehead atoms. The fourth-order valence-electron chi connectivity index (χ4n) is 4.38. The molecule has 37 heavy (non-hydrogen) atoms. The Morgan fingerprint density at radius 3 is 2.54 bits per heavy atom. The van der Waals surface area contributed by atoms with Crippen LogP contribution >= 0.6 is 0 Å².